The van der Waals surface area contributed by atoms with E-state index in [9.17, 15) is 5.11 Å². The van der Waals surface area contributed by atoms with Gasteiger partial charge in [0.2, 0.25) is 0 Å². The van der Waals surface area contributed by atoms with Crippen LogP contribution in [0.3, 0.4) is 0 Å². The summed E-state index contributed by atoms with van der Waals surface area (Å²) in [6, 6.07) is 27.6. The van der Waals surface area contributed by atoms with Crippen LogP contribution in [0.2, 0.25) is 0 Å². The van der Waals surface area contributed by atoms with Crippen LogP contribution in [0.25, 0.3) is 0 Å². The average Bonchev–Trinajstić information content (AvgIpc) is 2.65. The Morgan fingerprint density at radius 3 is 2.00 bits per heavy atom. The van der Waals surface area contributed by atoms with Crippen LogP contribution in [0, 0.1) is 0 Å². The van der Waals surface area contributed by atoms with Gasteiger partial charge in [-0.25, -0.2) is 0 Å². The number of aliphatic hydroxyl groups excluding tert-OH is 1. The molecule has 0 unspecified atom stereocenters. The molecule has 1 N–H and O–H groups in total. The van der Waals surface area contributed by atoms with Gasteiger partial charge < -0.3 is 9.84 Å². The maximum atomic E-state index is 10.3. The van der Waals surface area contributed by atoms with Crippen LogP contribution in [0.1, 0.15) is 17.2 Å². The minimum atomic E-state index is -0.480. The van der Waals surface area contributed by atoms with Gasteiger partial charge in [0.1, 0.15) is 11.5 Å². The number of benzene rings is 3. The van der Waals surface area contributed by atoms with E-state index in [2.05, 4.69) is 17.0 Å². The van der Waals surface area contributed by atoms with E-state index < -0.39 is 6.10 Å². The molecule has 0 aliphatic heterocycles. The fourth-order valence-electron chi connectivity index (χ4n) is 2.74. The first-order valence-corrected chi connectivity index (χ1v) is 8.44. The second-order valence-electron chi connectivity index (χ2n) is 6.18. The lowest BCUT2D eigenvalue weighted by Crippen LogP contribution is -2.24. The van der Waals surface area contributed by atoms with Gasteiger partial charge in [-0.05, 0) is 42.4 Å². The van der Waals surface area contributed by atoms with E-state index in [1.54, 1.807) is 0 Å². The quantitative estimate of drug-likeness (QED) is 0.683. The Bertz CT molecular complexity index is 757. The molecule has 0 aliphatic carbocycles. The fourth-order valence-corrected chi connectivity index (χ4v) is 2.74. The maximum Gasteiger partial charge on any atom is 0.127 e. The molecule has 128 valence electrons. The number of aliphatic hydroxyl groups is 1. The van der Waals surface area contributed by atoms with E-state index in [0.29, 0.717) is 6.54 Å². The van der Waals surface area contributed by atoms with Crippen molar-refractivity contribution in [1.82, 2.24) is 4.90 Å². The number of rotatable bonds is 7. The Morgan fingerprint density at radius 2 is 1.36 bits per heavy atom. The van der Waals surface area contributed by atoms with E-state index in [1.165, 1.54) is 5.56 Å². The first-order chi connectivity index (χ1) is 12.2. The molecule has 0 amide bonds. The molecule has 0 aliphatic rings. The molecule has 0 spiro atoms. The Hall–Kier alpha value is -2.62. The summed E-state index contributed by atoms with van der Waals surface area (Å²) in [6.45, 7) is 1.36. The van der Waals surface area contributed by atoms with E-state index >= 15 is 0 Å². The zero-order valence-electron chi connectivity index (χ0n) is 14.4. The van der Waals surface area contributed by atoms with E-state index in [1.807, 2.05) is 79.8 Å². The second kappa shape index (κ2) is 8.47. The van der Waals surface area contributed by atoms with Crippen LogP contribution in [-0.2, 0) is 6.54 Å². The van der Waals surface area contributed by atoms with Gasteiger partial charge in [-0.3, -0.25) is 4.90 Å². The summed E-state index contributed by atoms with van der Waals surface area (Å²) in [4.78, 5) is 2.12. The molecular formula is C22H23NO2. The average molecular weight is 333 g/mol. The highest BCUT2D eigenvalue weighted by atomic mass is 16.5. The fraction of sp³-hybridized carbons (Fsp3) is 0.182. The van der Waals surface area contributed by atoms with Crippen molar-refractivity contribution in [2.24, 2.45) is 0 Å². The van der Waals surface area contributed by atoms with Gasteiger partial charge in [0, 0.05) is 13.1 Å². The van der Waals surface area contributed by atoms with E-state index in [4.69, 9.17) is 4.74 Å². The predicted molar refractivity (Wildman–Crippen MR) is 101 cm³/mol. The van der Waals surface area contributed by atoms with Crippen molar-refractivity contribution in [3.63, 3.8) is 0 Å². The number of ether oxygens (including phenoxy) is 1. The van der Waals surface area contributed by atoms with Crippen LogP contribution in [0.4, 0.5) is 0 Å². The lowest BCUT2D eigenvalue weighted by atomic mass is 10.1. The van der Waals surface area contributed by atoms with Gasteiger partial charge in [0.25, 0.3) is 0 Å². The summed E-state index contributed by atoms with van der Waals surface area (Å²) in [5.41, 5.74) is 2.13. The first-order valence-electron chi connectivity index (χ1n) is 8.44. The molecule has 0 fully saturated rings. The molecule has 3 rings (SSSR count). The molecule has 1 atom stereocenters. The smallest absolute Gasteiger partial charge is 0.127 e. The third kappa shape index (κ3) is 5.18. The van der Waals surface area contributed by atoms with Crippen molar-refractivity contribution >= 4 is 0 Å². The molecule has 0 saturated carbocycles. The summed E-state index contributed by atoms with van der Waals surface area (Å²) >= 11 is 0. The molecule has 0 heterocycles. The highest BCUT2D eigenvalue weighted by molar-refractivity contribution is 5.33. The minimum Gasteiger partial charge on any atom is -0.457 e. The third-order valence-electron chi connectivity index (χ3n) is 4.02. The zero-order valence-corrected chi connectivity index (χ0v) is 14.4. The topological polar surface area (TPSA) is 32.7 Å². The maximum absolute atomic E-state index is 10.3. The van der Waals surface area contributed by atoms with Crippen LogP contribution < -0.4 is 4.74 Å². The Morgan fingerprint density at radius 1 is 0.800 bits per heavy atom. The summed E-state index contributed by atoms with van der Waals surface area (Å²) in [5.74, 6) is 1.65. The van der Waals surface area contributed by atoms with Gasteiger partial charge >= 0.3 is 0 Å². The number of nitrogens with zero attached hydrogens (tertiary/aromatic N) is 1. The van der Waals surface area contributed by atoms with Gasteiger partial charge in [0.05, 0.1) is 6.10 Å². The number of hydrogen-bond acceptors (Lipinski definition) is 3. The molecule has 0 aromatic heterocycles. The SMILES string of the molecule is CN(Cc1ccc(Oc2ccccc2)cc1)C[C@H](O)c1ccccc1. The van der Waals surface area contributed by atoms with E-state index in [-0.39, 0.29) is 0 Å². The van der Waals surface area contributed by atoms with Crippen molar-refractivity contribution in [2.45, 2.75) is 12.6 Å². The standard InChI is InChI=1S/C22H23NO2/c1-23(17-22(24)19-8-4-2-5-9-19)16-18-12-14-21(15-13-18)25-20-10-6-3-7-11-20/h2-15,22,24H,16-17H2,1H3/t22-/m0/s1. The molecular weight excluding hydrogens is 310 g/mol. The predicted octanol–water partition coefficient (Wildman–Crippen LogP) is 4.64. The highest BCUT2D eigenvalue weighted by Gasteiger charge is 2.10. The Labute approximate surface area is 149 Å². The molecule has 3 heteroatoms. The van der Waals surface area contributed by atoms with Crippen molar-refractivity contribution in [1.29, 1.82) is 0 Å². The summed E-state index contributed by atoms with van der Waals surface area (Å²) in [6.07, 6.45) is -0.480. The van der Waals surface area contributed by atoms with Gasteiger partial charge in [0.15, 0.2) is 0 Å². The molecule has 25 heavy (non-hydrogen) atoms. The van der Waals surface area contributed by atoms with Crippen LogP contribution >= 0.6 is 0 Å². The molecule has 0 saturated heterocycles. The molecule has 3 aromatic rings. The zero-order chi connectivity index (χ0) is 17.5. The molecule has 0 radical (unpaired) electrons. The Kier molecular flexibility index (Phi) is 5.83. The summed E-state index contributed by atoms with van der Waals surface area (Å²) in [7, 11) is 2.01. The van der Waals surface area contributed by atoms with Gasteiger partial charge in [-0.15, -0.1) is 0 Å². The van der Waals surface area contributed by atoms with Gasteiger partial charge in [-0.1, -0.05) is 60.7 Å². The number of likely N-dealkylation sites (N-methyl/N-ethyl adjacent to an activating group) is 1. The van der Waals surface area contributed by atoms with Crippen molar-refractivity contribution in [3.05, 3.63) is 96.1 Å². The number of para-hydroxylation sites is 1. The van der Waals surface area contributed by atoms with E-state index in [0.717, 1.165) is 23.6 Å². The second-order valence-corrected chi connectivity index (χ2v) is 6.18. The lowest BCUT2D eigenvalue weighted by Gasteiger charge is -2.21. The lowest BCUT2D eigenvalue weighted by molar-refractivity contribution is 0.124. The van der Waals surface area contributed by atoms with Gasteiger partial charge in [-0.2, -0.15) is 0 Å². The Balaban J connectivity index is 1.54. The minimum absolute atomic E-state index is 0.480. The van der Waals surface area contributed by atoms with Crippen LogP contribution in [-0.4, -0.2) is 23.6 Å². The molecule has 3 aromatic carbocycles. The van der Waals surface area contributed by atoms with Crippen molar-refractivity contribution in [3.8, 4) is 11.5 Å². The molecule has 3 nitrogen and oxygen atoms in total. The highest BCUT2D eigenvalue weighted by Crippen LogP contribution is 2.22. The third-order valence-corrected chi connectivity index (χ3v) is 4.02. The summed E-state index contributed by atoms with van der Waals surface area (Å²) in [5, 5.41) is 10.3. The monoisotopic (exact) mass is 333 g/mol. The summed E-state index contributed by atoms with van der Waals surface area (Å²) < 4.78 is 5.81. The first kappa shape index (κ1) is 17.2. The largest absolute Gasteiger partial charge is 0.457 e. The normalized spacial score (nSPS) is 12.1. The molecule has 0 bridgehead atoms. The van der Waals surface area contributed by atoms with Crippen LogP contribution in [0.15, 0.2) is 84.9 Å². The number of hydrogen-bond donors (Lipinski definition) is 1. The van der Waals surface area contributed by atoms with Crippen LogP contribution in [0.5, 0.6) is 11.5 Å². The van der Waals surface area contributed by atoms with Crippen molar-refractivity contribution in [2.75, 3.05) is 13.6 Å². The van der Waals surface area contributed by atoms with Crippen molar-refractivity contribution < 1.29 is 9.84 Å².